The fourth-order valence-corrected chi connectivity index (χ4v) is 2.03. The first kappa shape index (κ1) is 12.0. The summed E-state index contributed by atoms with van der Waals surface area (Å²) in [5, 5.41) is 11.3. The Balaban J connectivity index is 1.73. The van der Waals surface area contributed by atoms with Crippen LogP contribution in [0.5, 0.6) is 0 Å². The Morgan fingerprint density at radius 1 is 1.53 bits per heavy atom. The number of hydrogen-bond acceptors (Lipinski definition) is 5. The highest BCUT2D eigenvalue weighted by molar-refractivity contribution is 5.74. The van der Waals surface area contributed by atoms with Gasteiger partial charge in [-0.25, -0.2) is 0 Å². The van der Waals surface area contributed by atoms with E-state index in [0.29, 0.717) is 11.8 Å². The number of nitrogens with zero attached hydrogens (tertiary/aromatic N) is 3. The van der Waals surface area contributed by atoms with Crippen LogP contribution in [-0.4, -0.2) is 34.2 Å². The van der Waals surface area contributed by atoms with Gasteiger partial charge in [-0.15, -0.1) is 5.10 Å². The van der Waals surface area contributed by atoms with E-state index >= 15 is 0 Å². The van der Waals surface area contributed by atoms with Crippen molar-refractivity contribution < 1.29 is 4.74 Å². The number of nitrogens with one attached hydrogen (secondary N) is 1. The first-order chi connectivity index (χ1) is 9.22. The molecule has 6 heteroatoms. The second-order valence-corrected chi connectivity index (χ2v) is 4.74. The number of nitrogens with two attached hydrogens (primary N) is 1. The Kier molecular flexibility index (Phi) is 3.08. The molecule has 19 heavy (non-hydrogen) atoms. The van der Waals surface area contributed by atoms with Gasteiger partial charge in [0.1, 0.15) is 5.69 Å². The largest absolute Gasteiger partial charge is 0.397 e. The lowest BCUT2D eigenvalue weighted by atomic mass is 10.1. The number of rotatable bonds is 4. The Hall–Kier alpha value is -2.08. The molecule has 3 N–H and O–H groups in total. The molecule has 1 atom stereocenters. The maximum atomic E-state index is 6.05. The van der Waals surface area contributed by atoms with Gasteiger partial charge in [0.15, 0.2) is 0 Å². The summed E-state index contributed by atoms with van der Waals surface area (Å²) in [6.07, 6.45) is 3.30. The molecule has 0 aliphatic carbocycles. The third kappa shape index (κ3) is 2.53. The van der Waals surface area contributed by atoms with Gasteiger partial charge in [0, 0.05) is 25.8 Å². The fourth-order valence-electron chi connectivity index (χ4n) is 2.03. The molecule has 1 aliphatic rings. The van der Waals surface area contributed by atoms with E-state index in [1.165, 1.54) is 0 Å². The number of aryl methyl sites for hydroxylation is 1. The number of hydrogen-bond donors (Lipinski definition) is 2. The third-order valence-electron chi connectivity index (χ3n) is 3.26. The molecule has 2 aromatic rings. The maximum absolute atomic E-state index is 6.05. The summed E-state index contributed by atoms with van der Waals surface area (Å²) < 4.78 is 7.04. The van der Waals surface area contributed by atoms with E-state index in [0.717, 1.165) is 36.5 Å². The quantitative estimate of drug-likeness (QED) is 0.808. The summed E-state index contributed by atoms with van der Waals surface area (Å²) in [4.78, 5) is 0. The summed E-state index contributed by atoms with van der Waals surface area (Å²) in [5.41, 5.74) is 9.49. The van der Waals surface area contributed by atoms with Crippen LogP contribution in [0.25, 0.3) is 11.3 Å². The van der Waals surface area contributed by atoms with Gasteiger partial charge in [0.25, 0.3) is 0 Å². The predicted octanol–water partition coefficient (Wildman–Crippen LogP) is 1.27. The van der Waals surface area contributed by atoms with Crippen LogP contribution in [0.4, 0.5) is 11.4 Å². The molecular formula is C13H17N5O. The molecule has 0 spiro atoms. The van der Waals surface area contributed by atoms with Crippen molar-refractivity contribution >= 4 is 11.4 Å². The molecular weight excluding hydrogens is 242 g/mol. The zero-order valence-corrected chi connectivity index (χ0v) is 10.8. The topological polar surface area (TPSA) is 78.0 Å². The summed E-state index contributed by atoms with van der Waals surface area (Å²) >= 11 is 0. The average molecular weight is 259 g/mol. The maximum Gasteiger partial charge on any atom is 0.113 e. The van der Waals surface area contributed by atoms with Gasteiger partial charge < -0.3 is 15.8 Å². The number of aromatic nitrogens is 3. The summed E-state index contributed by atoms with van der Waals surface area (Å²) in [6.45, 7) is 1.67. The van der Waals surface area contributed by atoms with Gasteiger partial charge in [-0.1, -0.05) is 11.3 Å². The predicted molar refractivity (Wildman–Crippen MR) is 73.7 cm³/mol. The third-order valence-corrected chi connectivity index (χ3v) is 3.26. The van der Waals surface area contributed by atoms with Crippen LogP contribution in [0, 0.1) is 0 Å². The van der Waals surface area contributed by atoms with Crippen molar-refractivity contribution in [2.24, 2.45) is 7.05 Å². The molecule has 1 aromatic carbocycles. The molecule has 0 amide bonds. The Morgan fingerprint density at radius 3 is 2.95 bits per heavy atom. The molecule has 100 valence electrons. The molecule has 0 bridgehead atoms. The molecule has 1 aromatic heterocycles. The van der Waals surface area contributed by atoms with Gasteiger partial charge in [-0.2, -0.15) is 0 Å². The highest BCUT2D eigenvalue weighted by Gasteiger charge is 2.17. The monoisotopic (exact) mass is 259 g/mol. The second kappa shape index (κ2) is 4.89. The van der Waals surface area contributed by atoms with Gasteiger partial charge in [0.05, 0.1) is 23.7 Å². The van der Waals surface area contributed by atoms with E-state index < -0.39 is 0 Å². The molecule has 1 aliphatic heterocycles. The van der Waals surface area contributed by atoms with Crippen molar-refractivity contribution in [3.8, 4) is 11.3 Å². The minimum absolute atomic E-state index is 0.319. The first-order valence-electron chi connectivity index (χ1n) is 6.34. The number of ether oxygens (including phenoxy) is 1. The minimum atomic E-state index is 0.319. The molecule has 0 radical (unpaired) electrons. The second-order valence-electron chi connectivity index (χ2n) is 4.74. The van der Waals surface area contributed by atoms with Crippen molar-refractivity contribution in [2.75, 3.05) is 24.2 Å². The smallest absolute Gasteiger partial charge is 0.113 e. The zero-order valence-electron chi connectivity index (χ0n) is 10.8. The van der Waals surface area contributed by atoms with E-state index in [4.69, 9.17) is 10.5 Å². The summed E-state index contributed by atoms with van der Waals surface area (Å²) in [5.74, 6) is 0. The lowest BCUT2D eigenvalue weighted by Gasteiger charge is -2.27. The van der Waals surface area contributed by atoms with E-state index in [1.807, 2.05) is 31.4 Å². The number of nitrogen functional groups attached to an aromatic ring is 1. The van der Waals surface area contributed by atoms with Crippen molar-refractivity contribution in [3.05, 3.63) is 24.4 Å². The summed E-state index contributed by atoms with van der Waals surface area (Å²) in [7, 11) is 1.84. The summed E-state index contributed by atoms with van der Waals surface area (Å²) in [6, 6.07) is 5.87. The van der Waals surface area contributed by atoms with Crippen LogP contribution in [0.15, 0.2) is 24.4 Å². The highest BCUT2D eigenvalue weighted by atomic mass is 16.5. The fraction of sp³-hybridized carbons (Fsp3) is 0.385. The standard InChI is InChI=1S/C13H17N5O/c1-18-8-13(16-17-18)9-2-3-12(11(14)6-9)15-7-10-4-5-19-10/h2-3,6,8,10,15H,4-5,7,14H2,1H3/t10-/m0/s1. The minimum Gasteiger partial charge on any atom is -0.397 e. The Bertz CT molecular complexity index is 576. The van der Waals surface area contributed by atoms with E-state index in [2.05, 4.69) is 15.6 Å². The van der Waals surface area contributed by atoms with Crippen LogP contribution >= 0.6 is 0 Å². The van der Waals surface area contributed by atoms with Gasteiger partial charge >= 0.3 is 0 Å². The van der Waals surface area contributed by atoms with Crippen molar-refractivity contribution in [1.29, 1.82) is 0 Å². The lowest BCUT2D eigenvalue weighted by Crippen LogP contribution is -2.33. The van der Waals surface area contributed by atoms with E-state index in [9.17, 15) is 0 Å². The van der Waals surface area contributed by atoms with Crippen LogP contribution < -0.4 is 11.1 Å². The lowest BCUT2D eigenvalue weighted by molar-refractivity contribution is -0.0410. The molecule has 3 rings (SSSR count). The van der Waals surface area contributed by atoms with Crippen LogP contribution in [0.3, 0.4) is 0 Å². The normalized spacial score (nSPS) is 18.1. The van der Waals surface area contributed by atoms with Crippen LogP contribution in [0.2, 0.25) is 0 Å². The molecule has 2 heterocycles. The Morgan fingerprint density at radius 2 is 2.37 bits per heavy atom. The molecule has 1 saturated heterocycles. The van der Waals surface area contributed by atoms with Gasteiger partial charge in [-0.3, -0.25) is 4.68 Å². The average Bonchev–Trinajstić information content (AvgIpc) is 2.76. The SMILES string of the molecule is Cn1cc(-c2ccc(NC[C@@H]3CCO3)c(N)c2)nn1. The first-order valence-corrected chi connectivity index (χ1v) is 6.34. The molecule has 0 saturated carbocycles. The van der Waals surface area contributed by atoms with Gasteiger partial charge in [0.2, 0.25) is 0 Å². The van der Waals surface area contributed by atoms with Crippen molar-refractivity contribution in [1.82, 2.24) is 15.0 Å². The van der Waals surface area contributed by atoms with Crippen molar-refractivity contribution in [2.45, 2.75) is 12.5 Å². The number of benzene rings is 1. The highest BCUT2D eigenvalue weighted by Crippen LogP contribution is 2.26. The van der Waals surface area contributed by atoms with Crippen molar-refractivity contribution in [3.63, 3.8) is 0 Å². The Labute approximate surface area is 111 Å². The molecule has 6 nitrogen and oxygen atoms in total. The van der Waals surface area contributed by atoms with E-state index in [-0.39, 0.29) is 0 Å². The van der Waals surface area contributed by atoms with Crippen LogP contribution in [0.1, 0.15) is 6.42 Å². The molecule has 1 fully saturated rings. The molecule has 0 unspecified atom stereocenters. The zero-order chi connectivity index (χ0) is 13.2. The van der Waals surface area contributed by atoms with Gasteiger partial charge in [-0.05, 0) is 18.6 Å². The number of anilines is 2. The van der Waals surface area contributed by atoms with Crippen LogP contribution in [-0.2, 0) is 11.8 Å². The van der Waals surface area contributed by atoms with E-state index in [1.54, 1.807) is 4.68 Å².